The van der Waals surface area contributed by atoms with E-state index in [1.807, 2.05) is 0 Å². The van der Waals surface area contributed by atoms with Gasteiger partial charge in [-0.2, -0.15) is 10.5 Å². The zero-order valence-electron chi connectivity index (χ0n) is 7.45. The Hall–Kier alpha value is -2.20. The van der Waals surface area contributed by atoms with E-state index in [2.05, 4.69) is 4.98 Å². The molecule has 1 aromatic heterocycles. The lowest BCUT2D eigenvalue weighted by Gasteiger charge is -1.98. The SMILES string of the molecule is CC(=C(C#N)C#N)c1ccc(F)cn1. The second-order valence-corrected chi connectivity index (χ2v) is 2.59. The molecule has 0 saturated carbocycles. The maximum Gasteiger partial charge on any atom is 0.141 e. The normalized spacial score (nSPS) is 8.57. The van der Waals surface area contributed by atoms with Gasteiger partial charge in [0.2, 0.25) is 0 Å². The van der Waals surface area contributed by atoms with Crippen molar-refractivity contribution in [2.45, 2.75) is 6.92 Å². The van der Waals surface area contributed by atoms with Gasteiger partial charge in [0, 0.05) is 5.57 Å². The van der Waals surface area contributed by atoms with Gasteiger partial charge in [-0.25, -0.2) is 4.39 Å². The molecule has 14 heavy (non-hydrogen) atoms. The maximum absolute atomic E-state index is 12.5. The van der Waals surface area contributed by atoms with Gasteiger partial charge in [-0.1, -0.05) is 0 Å². The van der Waals surface area contributed by atoms with Gasteiger partial charge in [-0.15, -0.1) is 0 Å². The number of aromatic nitrogens is 1. The number of nitriles is 2. The Morgan fingerprint density at radius 2 is 2.00 bits per heavy atom. The minimum Gasteiger partial charge on any atom is -0.253 e. The molecule has 0 unspecified atom stereocenters. The van der Waals surface area contributed by atoms with E-state index in [0.29, 0.717) is 11.3 Å². The highest BCUT2D eigenvalue weighted by atomic mass is 19.1. The zero-order valence-corrected chi connectivity index (χ0v) is 7.45. The van der Waals surface area contributed by atoms with Crippen LogP contribution >= 0.6 is 0 Å². The number of pyridine rings is 1. The molecule has 0 N–H and O–H groups in total. The van der Waals surface area contributed by atoms with E-state index in [1.54, 1.807) is 19.1 Å². The van der Waals surface area contributed by atoms with Crippen molar-refractivity contribution in [2.24, 2.45) is 0 Å². The first-order valence-corrected chi connectivity index (χ1v) is 3.82. The van der Waals surface area contributed by atoms with E-state index < -0.39 is 5.82 Å². The molecule has 0 radical (unpaired) electrons. The van der Waals surface area contributed by atoms with Gasteiger partial charge >= 0.3 is 0 Å². The first-order valence-electron chi connectivity index (χ1n) is 3.82. The van der Waals surface area contributed by atoms with E-state index in [1.165, 1.54) is 12.1 Å². The predicted octanol–water partition coefficient (Wildman–Crippen LogP) is 2.04. The summed E-state index contributed by atoms with van der Waals surface area (Å²) in [5.41, 5.74) is 0.878. The Balaban J connectivity index is 3.21. The van der Waals surface area contributed by atoms with E-state index in [0.717, 1.165) is 6.20 Å². The van der Waals surface area contributed by atoms with Crippen LogP contribution in [-0.4, -0.2) is 4.98 Å². The van der Waals surface area contributed by atoms with Crippen LogP contribution in [0.4, 0.5) is 4.39 Å². The predicted molar refractivity (Wildman–Crippen MR) is 48.0 cm³/mol. The van der Waals surface area contributed by atoms with Crippen molar-refractivity contribution in [3.05, 3.63) is 35.4 Å². The lowest BCUT2D eigenvalue weighted by Crippen LogP contribution is -1.89. The third kappa shape index (κ3) is 1.94. The van der Waals surface area contributed by atoms with Gasteiger partial charge < -0.3 is 0 Å². The van der Waals surface area contributed by atoms with Crippen LogP contribution in [0.5, 0.6) is 0 Å². The van der Waals surface area contributed by atoms with Crippen LogP contribution in [0, 0.1) is 28.5 Å². The molecule has 1 aromatic rings. The third-order valence-corrected chi connectivity index (χ3v) is 1.71. The van der Waals surface area contributed by atoms with Gasteiger partial charge in [-0.05, 0) is 19.1 Å². The highest BCUT2D eigenvalue weighted by molar-refractivity contribution is 5.71. The quantitative estimate of drug-likeness (QED) is 0.632. The summed E-state index contributed by atoms with van der Waals surface area (Å²) in [5, 5.41) is 17.2. The van der Waals surface area contributed by atoms with Crippen LogP contribution in [0.3, 0.4) is 0 Å². The molecule has 3 nitrogen and oxygen atoms in total. The molecule has 68 valence electrons. The van der Waals surface area contributed by atoms with E-state index in [9.17, 15) is 4.39 Å². The molecule has 0 aliphatic rings. The van der Waals surface area contributed by atoms with Crippen LogP contribution in [0.15, 0.2) is 23.9 Å². The second-order valence-electron chi connectivity index (χ2n) is 2.59. The number of nitrogens with zero attached hydrogens (tertiary/aromatic N) is 3. The van der Waals surface area contributed by atoms with Crippen molar-refractivity contribution >= 4 is 5.57 Å². The van der Waals surface area contributed by atoms with Crippen molar-refractivity contribution in [3.8, 4) is 12.1 Å². The lowest BCUT2D eigenvalue weighted by atomic mass is 10.1. The summed E-state index contributed by atoms with van der Waals surface area (Å²) in [7, 11) is 0. The first-order chi connectivity index (χ1) is 6.69. The summed E-state index contributed by atoms with van der Waals surface area (Å²) in [6, 6.07) is 6.16. The number of hydrogen-bond donors (Lipinski definition) is 0. The van der Waals surface area contributed by atoms with Crippen LogP contribution < -0.4 is 0 Å². The topological polar surface area (TPSA) is 60.5 Å². The Morgan fingerprint density at radius 1 is 1.36 bits per heavy atom. The van der Waals surface area contributed by atoms with Gasteiger partial charge in [-0.3, -0.25) is 4.98 Å². The molecular weight excluding hydrogens is 181 g/mol. The molecule has 0 spiro atoms. The van der Waals surface area contributed by atoms with E-state index in [-0.39, 0.29) is 5.57 Å². The molecule has 0 saturated heterocycles. The molecule has 0 aliphatic carbocycles. The van der Waals surface area contributed by atoms with E-state index >= 15 is 0 Å². The average molecular weight is 187 g/mol. The average Bonchev–Trinajstić information content (AvgIpc) is 2.20. The molecule has 0 fully saturated rings. The molecular formula is C10H6FN3. The summed E-state index contributed by atoms with van der Waals surface area (Å²) in [6.45, 7) is 1.60. The van der Waals surface area contributed by atoms with Crippen molar-refractivity contribution < 1.29 is 4.39 Å². The van der Waals surface area contributed by atoms with Crippen molar-refractivity contribution in [1.29, 1.82) is 10.5 Å². The summed E-state index contributed by atoms with van der Waals surface area (Å²) in [6.07, 6.45) is 1.05. The second kappa shape index (κ2) is 4.15. The summed E-state index contributed by atoms with van der Waals surface area (Å²) < 4.78 is 12.5. The van der Waals surface area contributed by atoms with Crippen molar-refractivity contribution in [1.82, 2.24) is 4.98 Å². The number of allylic oxidation sites excluding steroid dienone is 2. The molecule has 4 heteroatoms. The summed E-state index contributed by atoms with van der Waals surface area (Å²) in [5.74, 6) is -0.447. The Morgan fingerprint density at radius 3 is 2.43 bits per heavy atom. The van der Waals surface area contributed by atoms with Crippen LogP contribution in [-0.2, 0) is 0 Å². The molecule has 0 aromatic carbocycles. The van der Waals surface area contributed by atoms with E-state index in [4.69, 9.17) is 10.5 Å². The Bertz CT molecular complexity index is 430. The Labute approximate surface area is 80.7 Å². The van der Waals surface area contributed by atoms with Crippen molar-refractivity contribution in [3.63, 3.8) is 0 Å². The standard InChI is InChI=1S/C10H6FN3/c1-7(8(4-12)5-13)10-3-2-9(11)6-14-10/h2-3,6H,1H3. The summed E-state index contributed by atoms with van der Waals surface area (Å²) >= 11 is 0. The van der Waals surface area contributed by atoms with Gasteiger partial charge in [0.25, 0.3) is 0 Å². The molecule has 0 aliphatic heterocycles. The van der Waals surface area contributed by atoms with Crippen LogP contribution in [0.2, 0.25) is 0 Å². The minimum atomic E-state index is -0.447. The van der Waals surface area contributed by atoms with Gasteiger partial charge in [0.05, 0.1) is 11.9 Å². The minimum absolute atomic E-state index is 0.0101. The molecule has 0 atom stereocenters. The van der Waals surface area contributed by atoms with Gasteiger partial charge in [0.15, 0.2) is 0 Å². The fraction of sp³-hybridized carbons (Fsp3) is 0.100. The first kappa shape index (κ1) is 9.88. The highest BCUT2D eigenvalue weighted by Gasteiger charge is 2.04. The highest BCUT2D eigenvalue weighted by Crippen LogP contribution is 2.14. The molecule has 0 amide bonds. The summed E-state index contributed by atoms with van der Waals surface area (Å²) in [4.78, 5) is 3.76. The fourth-order valence-electron chi connectivity index (χ4n) is 0.918. The lowest BCUT2D eigenvalue weighted by molar-refractivity contribution is 0.621. The fourth-order valence-corrected chi connectivity index (χ4v) is 0.918. The monoisotopic (exact) mass is 187 g/mol. The number of rotatable bonds is 1. The molecule has 1 rings (SSSR count). The number of halogens is 1. The molecule has 0 bridgehead atoms. The number of hydrogen-bond acceptors (Lipinski definition) is 3. The molecule has 1 heterocycles. The Kier molecular flexibility index (Phi) is 2.93. The zero-order chi connectivity index (χ0) is 10.6. The van der Waals surface area contributed by atoms with Gasteiger partial charge in [0.1, 0.15) is 23.5 Å². The van der Waals surface area contributed by atoms with Crippen molar-refractivity contribution in [2.75, 3.05) is 0 Å². The largest absolute Gasteiger partial charge is 0.253 e. The third-order valence-electron chi connectivity index (χ3n) is 1.71. The maximum atomic E-state index is 12.5. The van der Waals surface area contributed by atoms with Crippen LogP contribution in [0.1, 0.15) is 12.6 Å². The smallest absolute Gasteiger partial charge is 0.141 e. The van der Waals surface area contributed by atoms with Crippen LogP contribution in [0.25, 0.3) is 5.57 Å².